The molecule has 5 aromatic rings. The van der Waals surface area contributed by atoms with Gasteiger partial charge in [-0.25, -0.2) is 4.79 Å². The van der Waals surface area contributed by atoms with Crippen LogP contribution in [-0.2, 0) is 22.3 Å². The van der Waals surface area contributed by atoms with Crippen LogP contribution in [0.1, 0.15) is 27.5 Å². The normalized spacial score (nSPS) is 11.9. The van der Waals surface area contributed by atoms with Gasteiger partial charge in [0.2, 0.25) is 0 Å². The Kier molecular flexibility index (Phi) is 9.63. The van der Waals surface area contributed by atoms with Gasteiger partial charge >= 0.3 is 12.1 Å². The standard InChI is InChI=1S/C35H27F3N2O6/c36-35(37,38)26-17-15-24(16-18-26)32(41)39-29-19-25(28-13-7-8-14-31(28)46-27-11-5-2-6-12-27)20-40(33(29)42)30(34(43)44)22-45-21-23-9-3-1-4-10-23/h1-20,30H,21-22H2,(H,39,41)(H,43,44). The highest BCUT2D eigenvalue weighted by Gasteiger charge is 2.30. The van der Waals surface area contributed by atoms with E-state index in [1.807, 2.05) is 24.3 Å². The number of nitrogens with one attached hydrogen (secondary N) is 1. The second-order valence-corrected chi connectivity index (χ2v) is 10.2. The lowest BCUT2D eigenvalue weighted by Gasteiger charge is -2.20. The first-order chi connectivity index (χ1) is 22.1. The number of pyridine rings is 1. The van der Waals surface area contributed by atoms with Crippen molar-refractivity contribution in [1.29, 1.82) is 0 Å². The number of aromatic nitrogens is 1. The largest absolute Gasteiger partial charge is 0.480 e. The first kappa shape index (κ1) is 31.7. The average Bonchev–Trinajstić information content (AvgIpc) is 3.05. The molecular weight excluding hydrogens is 601 g/mol. The summed E-state index contributed by atoms with van der Waals surface area (Å²) in [4.78, 5) is 39.3. The zero-order chi connectivity index (χ0) is 32.7. The Labute approximate surface area is 261 Å². The molecule has 4 aromatic carbocycles. The molecule has 46 heavy (non-hydrogen) atoms. The van der Waals surface area contributed by atoms with Crippen LogP contribution in [0.15, 0.2) is 126 Å². The number of carbonyl (C=O) groups excluding carboxylic acids is 1. The van der Waals surface area contributed by atoms with Crippen LogP contribution in [0.4, 0.5) is 18.9 Å². The molecule has 1 aromatic heterocycles. The zero-order valence-electron chi connectivity index (χ0n) is 24.1. The van der Waals surface area contributed by atoms with Crippen LogP contribution in [0, 0.1) is 0 Å². The summed E-state index contributed by atoms with van der Waals surface area (Å²) in [6.45, 7) is -0.299. The van der Waals surface area contributed by atoms with E-state index in [1.54, 1.807) is 60.7 Å². The van der Waals surface area contributed by atoms with Gasteiger partial charge in [0.15, 0.2) is 6.04 Å². The smallest absolute Gasteiger partial charge is 0.416 e. The van der Waals surface area contributed by atoms with E-state index >= 15 is 0 Å². The van der Waals surface area contributed by atoms with Crippen molar-refractivity contribution in [3.63, 3.8) is 0 Å². The number of hydrogen-bond acceptors (Lipinski definition) is 5. The van der Waals surface area contributed by atoms with E-state index in [0.717, 1.165) is 34.4 Å². The first-order valence-electron chi connectivity index (χ1n) is 14.0. The number of amides is 1. The van der Waals surface area contributed by atoms with Gasteiger partial charge in [0.05, 0.1) is 18.8 Å². The van der Waals surface area contributed by atoms with Crippen molar-refractivity contribution in [2.24, 2.45) is 0 Å². The summed E-state index contributed by atoms with van der Waals surface area (Å²) >= 11 is 0. The predicted octanol–water partition coefficient (Wildman–Crippen LogP) is 7.42. The number of nitrogens with zero attached hydrogens (tertiary/aromatic N) is 1. The average molecular weight is 629 g/mol. The van der Waals surface area contributed by atoms with Crippen molar-refractivity contribution in [1.82, 2.24) is 4.57 Å². The molecule has 0 radical (unpaired) electrons. The number of ether oxygens (including phenoxy) is 2. The van der Waals surface area contributed by atoms with Crippen molar-refractivity contribution >= 4 is 17.6 Å². The molecule has 0 aliphatic heterocycles. The number of anilines is 1. The number of carboxylic acid groups (broad SMARTS) is 1. The van der Waals surface area contributed by atoms with Crippen molar-refractivity contribution in [2.45, 2.75) is 18.8 Å². The van der Waals surface area contributed by atoms with Crippen molar-refractivity contribution < 1.29 is 37.3 Å². The zero-order valence-corrected chi connectivity index (χ0v) is 24.1. The minimum Gasteiger partial charge on any atom is -0.480 e. The molecule has 2 N–H and O–H groups in total. The monoisotopic (exact) mass is 628 g/mol. The highest BCUT2D eigenvalue weighted by Crippen LogP contribution is 2.34. The number of benzene rings is 4. The van der Waals surface area contributed by atoms with Gasteiger partial charge in [-0.1, -0.05) is 66.7 Å². The molecule has 1 amide bonds. The summed E-state index contributed by atoms with van der Waals surface area (Å²) in [5, 5.41) is 12.6. The molecular formula is C35H27F3N2O6. The van der Waals surface area contributed by atoms with Gasteiger partial charge in [-0.15, -0.1) is 0 Å². The Morgan fingerprint density at radius 2 is 1.48 bits per heavy atom. The SMILES string of the molecule is O=C(Nc1cc(-c2ccccc2Oc2ccccc2)cn(C(COCc2ccccc2)C(=O)O)c1=O)c1ccc(C(F)(F)F)cc1. The summed E-state index contributed by atoms with van der Waals surface area (Å²) in [5.41, 5.74) is -0.652. The van der Waals surface area contributed by atoms with E-state index in [-0.39, 0.29) is 24.5 Å². The Bertz CT molecular complexity index is 1880. The van der Waals surface area contributed by atoms with Crippen molar-refractivity contribution in [3.05, 3.63) is 149 Å². The number of aliphatic carboxylic acids is 1. The van der Waals surface area contributed by atoms with E-state index in [2.05, 4.69) is 5.32 Å². The summed E-state index contributed by atoms with van der Waals surface area (Å²) in [6, 6.07) is 28.2. The molecule has 11 heteroatoms. The van der Waals surface area contributed by atoms with E-state index < -0.39 is 35.2 Å². The molecule has 0 aliphatic rings. The fourth-order valence-electron chi connectivity index (χ4n) is 4.62. The molecule has 0 bridgehead atoms. The fourth-order valence-corrected chi connectivity index (χ4v) is 4.62. The Morgan fingerprint density at radius 1 is 0.848 bits per heavy atom. The Balaban J connectivity index is 1.54. The quantitative estimate of drug-likeness (QED) is 0.158. The van der Waals surface area contributed by atoms with Crippen LogP contribution in [0.5, 0.6) is 11.5 Å². The number of carbonyl (C=O) groups is 2. The fraction of sp³-hybridized carbons (Fsp3) is 0.114. The molecule has 1 heterocycles. The molecule has 0 saturated heterocycles. The Hall–Kier alpha value is -5.68. The van der Waals surface area contributed by atoms with Crippen LogP contribution in [0.3, 0.4) is 0 Å². The number of hydrogen-bond donors (Lipinski definition) is 2. The molecule has 1 atom stereocenters. The molecule has 8 nitrogen and oxygen atoms in total. The van der Waals surface area contributed by atoms with E-state index in [4.69, 9.17) is 9.47 Å². The van der Waals surface area contributed by atoms with Gasteiger partial charge < -0.3 is 19.9 Å². The van der Waals surface area contributed by atoms with Gasteiger partial charge in [-0.05, 0) is 54.1 Å². The maximum absolute atomic E-state index is 13.7. The molecule has 0 saturated carbocycles. The second kappa shape index (κ2) is 14.0. The number of halogens is 3. The van der Waals surface area contributed by atoms with E-state index in [9.17, 15) is 32.7 Å². The summed E-state index contributed by atoms with van der Waals surface area (Å²) in [7, 11) is 0. The first-order valence-corrected chi connectivity index (χ1v) is 14.0. The number of rotatable bonds is 11. The van der Waals surface area contributed by atoms with Crippen LogP contribution in [-0.4, -0.2) is 28.2 Å². The number of para-hydroxylation sites is 2. The molecule has 0 spiro atoms. The maximum atomic E-state index is 13.7. The minimum absolute atomic E-state index is 0.0876. The van der Waals surface area contributed by atoms with Crippen molar-refractivity contribution in [3.8, 4) is 22.6 Å². The van der Waals surface area contributed by atoms with Crippen LogP contribution >= 0.6 is 0 Å². The molecule has 1 unspecified atom stereocenters. The van der Waals surface area contributed by atoms with Gasteiger partial charge in [-0.2, -0.15) is 13.2 Å². The lowest BCUT2D eigenvalue weighted by atomic mass is 10.0. The highest BCUT2D eigenvalue weighted by atomic mass is 19.4. The van der Waals surface area contributed by atoms with E-state index in [1.165, 1.54) is 12.3 Å². The van der Waals surface area contributed by atoms with E-state index in [0.29, 0.717) is 22.6 Å². The second-order valence-electron chi connectivity index (χ2n) is 10.2. The molecule has 5 rings (SSSR count). The third kappa shape index (κ3) is 7.69. The van der Waals surface area contributed by atoms with Gasteiger partial charge in [0.25, 0.3) is 11.5 Å². The van der Waals surface area contributed by atoms with Gasteiger partial charge in [-0.3, -0.25) is 14.2 Å². The molecule has 0 fully saturated rings. The van der Waals surface area contributed by atoms with Gasteiger partial charge in [0.1, 0.15) is 17.2 Å². The van der Waals surface area contributed by atoms with Crippen molar-refractivity contribution in [2.75, 3.05) is 11.9 Å². The third-order valence-electron chi connectivity index (χ3n) is 6.94. The lowest BCUT2D eigenvalue weighted by Crippen LogP contribution is -2.34. The number of carboxylic acids is 1. The maximum Gasteiger partial charge on any atom is 0.416 e. The third-order valence-corrected chi connectivity index (χ3v) is 6.94. The van der Waals surface area contributed by atoms with Crippen LogP contribution in [0.25, 0.3) is 11.1 Å². The minimum atomic E-state index is -4.60. The topological polar surface area (TPSA) is 107 Å². The molecule has 0 aliphatic carbocycles. The predicted molar refractivity (Wildman–Crippen MR) is 165 cm³/mol. The number of alkyl halides is 3. The summed E-state index contributed by atoms with van der Waals surface area (Å²) in [6.07, 6.45) is -3.26. The van der Waals surface area contributed by atoms with Gasteiger partial charge in [0, 0.05) is 22.9 Å². The summed E-state index contributed by atoms with van der Waals surface area (Å²) in [5.74, 6) is -1.32. The summed E-state index contributed by atoms with van der Waals surface area (Å²) < 4.78 is 51.9. The molecule has 234 valence electrons. The Morgan fingerprint density at radius 3 is 2.13 bits per heavy atom. The van der Waals surface area contributed by atoms with Crippen LogP contribution in [0.2, 0.25) is 0 Å². The lowest BCUT2D eigenvalue weighted by molar-refractivity contribution is -0.143. The van der Waals surface area contributed by atoms with Crippen LogP contribution < -0.4 is 15.6 Å². The highest BCUT2D eigenvalue weighted by molar-refractivity contribution is 6.04.